The minimum absolute atomic E-state index is 0.0281. The SMILES string of the molecule is CC(O)(C[n+]1cc([N-]C(=O)Nc2ccc(Cl)cc2)on1)c1ccccc1. The number of benzene rings is 2. The molecule has 0 aliphatic carbocycles. The van der Waals surface area contributed by atoms with E-state index < -0.39 is 11.6 Å². The lowest BCUT2D eigenvalue weighted by Gasteiger charge is -2.18. The van der Waals surface area contributed by atoms with Gasteiger partial charge in [-0.1, -0.05) is 54.1 Å². The zero-order chi connectivity index (χ0) is 18.6. The molecule has 26 heavy (non-hydrogen) atoms. The second kappa shape index (κ2) is 7.55. The molecule has 0 fully saturated rings. The summed E-state index contributed by atoms with van der Waals surface area (Å²) >= 11 is 5.80. The fourth-order valence-corrected chi connectivity index (χ4v) is 2.51. The summed E-state index contributed by atoms with van der Waals surface area (Å²) in [5, 5.41) is 21.4. The first kappa shape index (κ1) is 17.9. The first-order valence-electron chi connectivity index (χ1n) is 7.85. The van der Waals surface area contributed by atoms with Gasteiger partial charge in [0.05, 0.1) is 0 Å². The first-order chi connectivity index (χ1) is 12.4. The molecule has 0 bridgehead atoms. The summed E-state index contributed by atoms with van der Waals surface area (Å²) in [5.74, 6) is 0.0281. The van der Waals surface area contributed by atoms with E-state index in [2.05, 4.69) is 15.9 Å². The second-order valence-corrected chi connectivity index (χ2v) is 6.36. The van der Waals surface area contributed by atoms with Crippen LogP contribution in [0.4, 0.5) is 16.4 Å². The van der Waals surface area contributed by atoms with Crippen molar-refractivity contribution in [2.45, 2.75) is 19.1 Å². The molecule has 1 atom stereocenters. The van der Waals surface area contributed by atoms with E-state index in [0.717, 1.165) is 5.56 Å². The summed E-state index contributed by atoms with van der Waals surface area (Å²) in [6, 6.07) is 15.2. The van der Waals surface area contributed by atoms with Crippen LogP contribution in [0.15, 0.2) is 65.3 Å². The van der Waals surface area contributed by atoms with Crippen molar-refractivity contribution >= 4 is 29.2 Å². The predicted octanol–water partition coefficient (Wildman–Crippen LogP) is 3.76. The minimum atomic E-state index is -1.15. The lowest BCUT2D eigenvalue weighted by Crippen LogP contribution is -2.45. The van der Waals surface area contributed by atoms with Crippen molar-refractivity contribution in [2.75, 3.05) is 5.32 Å². The van der Waals surface area contributed by atoms with Crippen LogP contribution in [-0.4, -0.2) is 16.4 Å². The van der Waals surface area contributed by atoms with Crippen LogP contribution >= 0.6 is 11.6 Å². The molecule has 8 heteroatoms. The van der Waals surface area contributed by atoms with E-state index in [9.17, 15) is 9.90 Å². The Morgan fingerprint density at radius 3 is 2.65 bits per heavy atom. The smallest absolute Gasteiger partial charge is 0.241 e. The zero-order valence-corrected chi connectivity index (χ0v) is 14.7. The van der Waals surface area contributed by atoms with Gasteiger partial charge in [-0.25, -0.2) is 0 Å². The molecule has 3 rings (SSSR count). The molecule has 2 N–H and O–H groups in total. The van der Waals surface area contributed by atoms with Gasteiger partial charge in [0, 0.05) is 5.02 Å². The number of amides is 2. The summed E-state index contributed by atoms with van der Waals surface area (Å²) in [6.07, 6.45) is 1.44. The Hall–Kier alpha value is -2.90. The maximum absolute atomic E-state index is 11.9. The van der Waals surface area contributed by atoms with Crippen molar-refractivity contribution < 1.29 is 19.1 Å². The Kier molecular flexibility index (Phi) is 5.20. The first-order valence-corrected chi connectivity index (χ1v) is 8.23. The maximum Gasteiger partial charge on any atom is 0.241 e. The van der Waals surface area contributed by atoms with Crippen molar-refractivity contribution in [2.24, 2.45) is 0 Å². The number of aliphatic hydroxyl groups is 1. The van der Waals surface area contributed by atoms with Gasteiger partial charge in [-0.05, 0) is 35.0 Å². The Labute approximate surface area is 155 Å². The fraction of sp³-hybridized carbons (Fsp3) is 0.167. The number of halogens is 1. The average molecular weight is 373 g/mol. The molecule has 2 amide bonds. The number of rotatable bonds is 5. The number of nitrogens with zero attached hydrogens (tertiary/aromatic N) is 3. The molecule has 0 aliphatic rings. The molecular formula is C18H17ClN4O3. The fourth-order valence-electron chi connectivity index (χ4n) is 2.38. The Morgan fingerprint density at radius 1 is 1.27 bits per heavy atom. The number of hydrogen-bond donors (Lipinski definition) is 2. The molecule has 7 nitrogen and oxygen atoms in total. The summed E-state index contributed by atoms with van der Waals surface area (Å²) in [4.78, 5) is 11.9. The Morgan fingerprint density at radius 2 is 1.96 bits per heavy atom. The van der Waals surface area contributed by atoms with Gasteiger partial charge >= 0.3 is 0 Å². The summed E-state index contributed by atoms with van der Waals surface area (Å²) in [5.41, 5.74) is 0.156. The number of hydrogen-bond acceptors (Lipinski definition) is 4. The highest BCUT2D eigenvalue weighted by atomic mass is 35.5. The van der Waals surface area contributed by atoms with Gasteiger partial charge in [0.1, 0.15) is 5.60 Å². The third kappa shape index (κ3) is 4.59. The van der Waals surface area contributed by atoms with E-state index in [1.54, 1.807) is 31.2 Å². The molecule has 1 unspecified atom stereocenters. The Balaban J connectivity index is 1.61. The van der Waals surface area contributed by atoms with Crippen LogP contribution < -0.4 is 10.00 Å². The van der Waals surface area contributed by atoms with Crippen LogP contribution in [0.2, 0.25) is 5.02 Å². The number of carbonyl (C=O) groups excluding carboxylic acids is 1. The van der Waals surface area contributed by atoms with Crippen LogP contribution in [0, 0.1) is 0 Å². The highest BCUT2D eigenvalue weighted by Crippen LogP contribution is 2.22. The number of carbonyl (C=O) groups is 1. The molecule has 1 heterocycles. The summed E-state index contributed by atoms with van der Waals surface area (Å²) in [7, 11) is 0. The van der Waals surface area contributed by atoms with E-state index in [-0.39, 0.29) is 12.4 Å². The standard InChI is InChI=1S/C18H17ClN4O3/c1-18(25,13-5-3-2-4-6-13)12-23-11-16(26-22-23)21-17(24)20-15-9-7-14(19)8-10-15/h2-11,25H,12H2,1H3,(H-,20,21,22,24). The van der Waals surface area contributed by atoms with Crippen molar-refractivity contribution in [3.8, 4) is 0 Å². The van der Waals surface area contributed by atoms with Gasteiger partial charge in [0.15, 0.2) is 11.3 Å². The van der Waals surface area contributed by atoms with Gasteiger partial charge < -0.3 is 20.3 Å². The number of nitrogens with one attached hydrogen (secondary N) is 1. The summed E-state index contributed by atoms with van der Waals surface area (Å²) in [6.45, 7) is 1.82. The zero-order valence-electron chi connectivity index (χ0n) is 14.0. The average Bonchev–Trinajstić information content (AvgIpc) is 3.03. The normalized spacial score (nSPS) is 13.0. The van der Waals surface area contributed by atoms with Crippen LogP contribution in [0.3, 0.4) is 0 Å². The van der Waals surface area contributed by atoms with E-state index in [1.807, 2.05) is 30.3 Å². The third-order valence-electron chi connectivity index (χ3n) is 3.67. The lowest BCUT2D eigenvalue weighted by molar-refractivity contribution is -0.774. The van der Waals surface area contributed by atoms with E-state index >= 15 is 0 Å². The third-order valence-corrected chi connectivity index (χ3v) is 3.92. The molecule has 0 saturated heterocycles. The molecular weight excluding hydrogens is 356 g/mol. The van der Waals surface area contributed by atoms with Crippen LogP contribution in [-0.2, 0) is 12.1 Å². The van der Waals surface area contributed by atoms with Crippen LogP contribution in [0.25, 0.3) is 5.32 Å². The molecule has 0 spiro atoms. The predicted molar refractivity (Wildman–Crippen MR) is 96.2 cm³/mol. The molecule has 0 saturated carbocycles. The topological polar surface area (TPSA) is 93.3 Å². The monoisotopic (exact) mass is 372 g/mol. The van der Waals surface area contributed by atoms with Gasteiger partial charge in [0.2, 0.25) is 18.6 Å². The quantitative estimate of drug-likeness (QED) is 0.667. The van der Waals surface area contributed by atoms with Crippen molar-refractivity contribution in [3.05, 3.63) is 76.7 Å². The van der Waals surface area contributed by atoms with Gasteiger partial charge in [-0.2, -0.15) is 0 Å². The molecule has 134 valence electrons. The second-order valence-electron chi connectivity index (χ2n) is 5.93. The lowest BCUT2D eigenvalue weighted by atomic mass is 9.96. The Bertz CT molecular complexity index is 879. The van der Waals surface area contributed by atoms with Gasteiger partial charge in [-0.15, -0.1) is 0 Å². The highest BCUT2D eigenvalue weighted by Gasteiger charge is 2.30. The van der Waals surface area contributed by atoms with E-state index in [0.29, 0.717) is 10.7 Å². The minimum Gasteiger partial charge on any atom is -0.424 e. The van der Waals surface area contributed by atoms with Gasteiger partial charge in [-0.3, -0.25) is 4.79 Å². The number of urea groups is 1. The van der Waals surface area contributed by atoms with Crippen molar-refractivity contribution in [1.29, 1.82) is 0 Å². The van der Waals surface area contributed by atoms with E-state index in [4.69, 9.17) is 16.1 Å². The number of anilines is 1. The van der Waals surface area contributed by atoms with Crippen molar-refractivity contribution in [3.63, 3.8) is 0 Å². The highest BCUT2D eigenvalue weighted by molar-refractivity contribution is 6.30. The molecule has 3 aromatic rings. The summed E-state index contributed by atoms with van der Waals surface area (Å²) < 4.78 is 6.42. The molecule has 0 radical (unpaired) electrons. The van der Waals surface area contributed by atoms with Crippen molar-refractivity contribution in [1.82, 2.24) is 5.27 Å². The van der Waals surface area contributed by atoms with Gasteiger partial charge in [0.25, 0.3) is 0 Å². The number of aromatic nitrogens is 2. The molecule has 1 aromatic heterocycles. The maximum atomic E-state index is 11.9. The molecule has 0 aliphatic heterocycles. The van der Waals surface area contributed by atoms with Crippen LogP contribution in [0.5, 0.6) is 0 Å². The molecule has 2 aromatic carbocycles. The van der Waals surface area contributed by atoms with E-state index in [1.165, 1.54) is 10.9 Å². The largest absolute Gasteiger partial charge is 0.424 e. The van der Waals surface area contributed by atoms with Crippen LogP contribution in [0.1, 0.15) is 12.5 Å².